The Morgan fingerprint density at radius 1 is 1.50 bits per heavy atom. The molecular weight excluding hydrogens is 130 g/mol. The smallest absolute Gasteiger partial charge is 0.281 e. The van der Waals surface area contributed by atoms with Gasteiger partial charge in [0.25, 0.3) is 5.95 Å². The van der Waals surface area contributed by atoms with E-state index in [1.54, 1.807) is 12.1 Å². The second-order valence-electron chi connectivity index (χ2n) is 2.48. The fourth-order valence-corrected chi connectivity index (χ4v) is 0.763. The zero-order valence-corrected chi connectivity index (χ0v) is 6.16. The summed E-state index contributed by atoms with van der Waals surface area (Å²) in [5.41, 5.74) is 0. The van der Waals surface area contributed by atoms with Gasteiger partial charge in [0.1, 0.15) is 5.76 Å². The highest BCUT2D eigenvalue weighted by Gasteiger charge is 1.99. The van der Waals surface area contributed by atoms with Crippen LogP contribution >= 0.6 is 0 Å². The number of rotatable bonds is 2. The molecule has 0 aliphatic carbocycles. The van der Waals surface area contributed by atoms with E-state index in [1.807, 2.05) is 19.0 Å². The molecule has 0 radical (unpaired) electrons. The number of nitrogens with zero attached hydrogens (tertiary/aromatic N) is 1. The van der Waals surface area contributed by atoms with Gasteiger partial charge < -0.3 is 14.4 Å². The van der Waals surface area contributed by atoms with E-state index in [-0.39, 0.29) is 5.95 Å². The Balaban J connectivity index is 2.58. The van der Waals surface area contributed by atoms with Crippen LogP contribution in [-0.2, 0) is 6.54 Å². The van der Waals surface area contributed by atoms with Crippen molar-refractivity contribution in [2.45, 2.75) is 6.54 Å². The van der Waals surface area contributed by atoms with Crippen LogP contribution < -0.4 is 0 Å². The highest BCUT2D eigenvalue weighted by atomic mass is 16.5. The third kappa shape index (κ3) is 1.77. The van der Waals surface area contributed by atoms with Crippen LogP contribution in [0.15, 0.2) is 16.5 Å². The van der Waals surface area contributed by atoms with Crippen LogP contribution in [0.4, 0.5) is 0 Å². The molecule has 0 saturated heterocycles. The molecule has 56 valence electrons. The lowest BCUT2D eigenvalue weighted by Gasteiger charge is -2.04. The van der Waals surface area contributed by atoms with Gasteiger partial charge in [0.2, 0.25) is 0 Å². The second kappa shape index (κ2) is 2.75. The zero-order chi connectivity index (χ0) is 7.56. The lowest BCUT2D eigenvalue weighted by atomic mass is 10.4. The van der Waals surface area contributed by atoms with Gasteiger partial charge in [-0.15, -0.1) is 0 Å². The summed E-state index contributed by atoms with van der Waals surface area (Å²) in [6.07, 6.45) is 0. The maximum absolute atomic E-state index is 8.78. The lowest BCUT2D eigenvalue weighted by Crippen LogP contribution is -2.09. The van der Waals surface area contributed by atoms with E-state index in [2.05, 4.69) is 0 Å². The Labute approximate surface area is 59.9 Å². The number of furan rings is 1. The first kappa shape index (κ1) is 7.15. The van der Waals surface area contributed by atoms with E-state index < -0.39 is 0 Å². The molecule has 0 amide bonds. The predicted octanol–water partition coefficient (Wildman–Crippen LogP) is 1.05. The van der Waals surface area contributed by atoms with E-state index in [0.29, 0.717) is 0 Å². The number of hydrogen-bond acceptors (Lipinski definition) is 3. The van der Waals surface area contributed by atoms with Crippen LogP contribution in [0.5, 0.6) is 5.95 Å². The van der Waals surface area contributed by atoms with Crippen LogP contribution in [0.1, 0.15) is 5.76 Å². The Morgan fingerprint density at radius 2 is 2.20 bits per heavy atom. The average Bonchev–Trinajstić information content (AvgIpc) is 2.13. The number of hydrogen-bond donors (Lipinski definition) is 1. The lowest BCUT2D eigenvalue weighted by molar-refractivity contribution is 0.289. The highest BCUT2D eigenvalue weighted by Crippen LogP contribution is 2.13. The first-order valence-corrected chi connectivity index (χ1v) is 3.11. The minimum atomic E-state index is -0.0168. The summed E-state index contributed by atoms with van der Waals surface area (Å²) < 4.78 is 4.91. The predicted molar refractivity (Wildman–Crippen MR) is 37.8 cm³/mol. The van der Waals surface area contributed by atoms with Gasteiger partial charge in [0.15, 0.2) is 0 Å². The molecule has 1 aromatic rings. The van der Waals surface area contributed by atoms with Gasteiger partial charge in [-0.2, -0.15) is 0 Å². The monoisotopic (exact) mass is 141 g/mol. The summed E-state index contributed by atoms with van der Waals surface area (Å²) in [7, 11) is 3.89. The zero-order valence-electron chi connectivity index (χ0n) is 6.16. The van der Waals surface area contributed by atoms with Crippen molar-refractivity contribution in [2.24, 2.45) is 0 Å². The molecule has 0 bridgehead atoms. The molecule has 0 fully saturated rings. The maximum atomic E-state index is 8.78. The normalized spacial score (nSPS) is 10.7. The van der Waals surface area contributed by atoms with Gasteiger partial charge in [-0.3, -0.25) is 0 Å². The fraction of sp³-hybridized carbons (Fsp3) is 0.429. The van der Waals surface area contributed by atoms with Crippen molar-refractivity contribution in [3.05, 3.63) is 17.9 Å². The first-order valence-electron chi connectivity index (χ1n) is 3.11. The highest BCUT2D eigenvalue weighted by molar-refractivity contribution is 5.09. The molecule has 0 aliphatic heterocycles. The Hall–Kier alpha value is -0.960. The Kier molecular flexibility index (Phi) is 1.97. The van der Waals surface area contributed by atoms with Crippen LogP contribution in [0.25, 0.3) is 0 Å². The van der Waals surface area contributed by atoms with E-state index in [0.717, 1.165) is 12.3 Å². The van der Waals surface area contributed by atoms with Gasteiger partial charge >= 0.3 is 0 Å². The van der Waals surface area contributed by atoms with Gasteiger partial charge in [0.05, 0.1) is 6.54 Å². The van der Waals surface area contributed by atoms with Crippen LogP contribution in [0, 0.1) is 0 Å². The molecule has 1 heterocycles. The van der Waals surface area contributed by atoms with Crippen LogP contribution in [-0.4, -0.2) is 24.1 Å². The molecular formula is C7H11NO2. The summed E-state index contributed by atoms with van der Waals surface area (Å²) in [6, 6.07) is 3.30. The first-order chi connectivity index (χ1) is 4.68. The summed E-state index contributed by atoms with van der Waals surface area (Å²) in [5.74, 6) is 0.763. The molecule has 3 nitrogen and oxygen atoms in total. The minimum absolute atomic E-state index is 0.0168. The van der Waals surface area contributed by atoms with Gasteiger partial charge in [-0.25, -0.2) is 0 Å². The largest absolute Gasteiger partial charge is 0.481 e. The summed E-state index contributed by atoms with van der Waals surface area (Å²) in [5, 5.41) is 8.78. The molecule has 0 saturated carbocycles. The van der Waals surface area contributed by atoms with Crippen molar-refractivity contribution < 1.29 is 9.52 Å². The molecule has 0 aliphatic rings. The van der Waals surface area contributed by atoms with Gasteiger partial charge in [-0.1, -0.05) is 0 Å². The quantitative estimate of drug-likeness (QED) is 0.668. The van der Waals surface area contributed by atoms with Crippen LogP contribution in [0.2, 0.25) is 0 Å². The van der Waals surface area contributed by atoms with Gasteiger partial charge in [-0.05, 0) is 20.2 Å². The molecule has 0 aromatic carbocycles. The molecule has 10 heavy (non-hydrogen) atoms. The standard InChI is InChI=1S/C7H11NO2/c1-8(2)5-6-3-4-7(9)10-6/h3-4,9H,5H2,1-2H3. The Morgan fingerprint density at radius 3 is 2.60 bits per heavy atom. The van der Waals surface area contributed by atoms with E-state index >= 15 is 0 Å². The van der Waals surface area contributed by atoms with Gasteiger partial charge in [0, 0.05) is 6.07 Å². The molecule has 0 atom stereocenters. The Bertz CT molecular complexity index is 205. The molecule has 1 N–H and O–H groups in total. The summed E-state index contributed by atoms with van der Waals surface area (Å²) in [6.45, 7) is 0.723. The van der Waals surface area contributed by atoms with E-state index in [1.165, 1.54) is 0 Å². The molecule has 0 spiro atoms. The van der Waals surface area contributed by atoms with E-state index in [4.69, 9.17) is 9.52 Å². The van der Waals surface area contributed by atoms with Crippen LogP contribution in [0.3, 0.4) is 0 Å². The van der Waals surface area contributed by atoms with Crippen molar-refractivity contribution in [3.8, 4) is 5.95 Å². The summed E-state index contributed by atoms with van der Waals surface area (Å²) in [4.78, 5) is 1.97. The fourth-order valence-electron chi connectivity index (χ4n) is 0.763. The molecule has 0 unspecified atom stereocenters. The SMILES string of the molecule is CN(C)Cc1ccc(O)o1. The minimum Gasteiger partial charge on any atom is -0.481 e. The van der Waals surface area contributed by atoms with Crippen molar-refractivity contribution in [3.63, 3.8) is 0 Å². The number of aromatic hydroxyl groups is 1. The van der Waals surface area contributed by atoms with Crippen molar-refractivity contribution in [2.75, 3.05) is 14.1 Å². The molecule has 1 aromatic heterocycles. The maximum Gasteiger partial charge on any atom is 0.281 e. The van der Waals surface area contributed by atoms with E-state index in [9.17, 15) is 0 Å². The molecule has 1 rings (SSSR count). The topological polar surface area (TPSA) is 36.6 Å². The van der Waals surface area contributed by atoms with Crippen molar-refractivity contribution in [1.82, 2.24) is 4.90 Å². The average molecular weight is 141 g/mol. The molecule has 3 heteroatoms. The summed E-state index contributed by atoms with van der Waals surface area (Å²) >= 11 is 0. The van der Waals surface area contributed by atoms with Crippen molar-refractivity contribution >= 4 is 0 Å². The second-order valence-corrected chi connectivity index (χ2v) is 2.48. The third-order valence-electron chi connectivity index (χ3n) is 1.12. The van der Waals surface area contributed by atoms with Crippen molar-refractivity contribution in [1.29, 1.82) is 0 Å². The third-order valence-corrected chi connectivity index (χ3v) is 1.12.